The maximum atomic E-state index is 1.50. The van der Waals surface area contributed by atoms with E-state index in [1.807, 2.05) is 0 Å². The highest BCUT2D eigenvalue weighted by atomic mass is 14.1. The summed E-state index contributed by atoms with van der Waals surface area (Å²) in [4.78, 5) is 0. The van der Waals surface area contributed by atoms with Crippen molar-refractivity contribution < 1.29 is 0 Å². The number of hydrogen-bond acceptors (Lipinski definition) is 0. The fraction of sp³-hybridized carbons (Fsp3) is 1.00. The van der Waals surface area contributed by atoms with Crippen LogP contribution < -0.4 is 0 Å². The summed E-state index contributed by atoms with van der Waals surface area (Å²) in [6.45, 7) is 0. The van der Waals surface area contributed by atoms with Gasteiger partial charge in [-0.1, -0.05) is 411 Å². The van der Waals surface area contributed by atoms with E-state index in [9.17, 15) is 0 Å². The zero-order valence-corrected chi connectivity index (χ0v) is 45.3. The summed E-state index contributed by atoms with van der Waals surface area (Å²) in [7, 11) is 0. The molecule has 0 saturated heterocycles. The maximum absolute atomic E-state index is 1.50. The Labute approximate surface area is 409 Å². The van der Waals surface area contributed by atoms with E-state index in [0.717, 1.165) is 0 Å². The lowest BCUT2D eigenvalue weighted by Crippen LogP contribution is -1.85. The van der Waals surface area contributed by atoms with Gasteiger partial charge in [0.2, 0.25) is 0 Å². The van der Waals surface area contributed by atoms with E-state index in [1.165, 1.54) is 411 Å². The van der Waals surface area contributed by atoms with Gasteiger partial charge in [-0.3, -0.25) is 0 Å². The zero-order valence-electron chi connectivity index (χ0n) is 45.3. The van der Waals surface area contributed by atoms with E-state index in [0.29, 0.717) is 0 Å². The minimum Gasteiger partial charge on any atom is -0.0533 e. The van der Waals surface area contributed by atoms with E-state index in [4.69, 9.17) is 0 Å². The van der Waals surface area contributed by atoms with Crippen molar-refractivity contribution in [3.05, 3.63) is 0 Å². The van der Waals surface area contributed by atoms with Crippen LogP contribution in [0.25, 0.3) is 0 Å². The summed E-state index contributed by atoms with van der Waals surface area (Å²) < 4.78 is 0. The molecule has 0 nitrogen and oxygen atoms in total. The van der Waals surface area contributed by atoms with Crippen molar-refractivity contribution in [3.8, 4) is 0 Å². The van der Waals surface area contributed by atoms with E-state index in [1.54, 1.807) is 0 Å². The molecule has 0 aromatic carbocycles. The van der Waals surface area contributed by atoms with Crippen LogP contribution in [0.4, 0.5) is 0 Å². The van der Waals surface area contributed by atoms with Crippen molar-refractivity contribution in [1.82, 2.24) is 0 Å². The van der Waals surface area contributed by atoms with Gasteiger partial charge in [-0.05, 0) is 0 Å². The first-order chi connectivity index (χ1) is 32.0. The van der Waals surface area contributed by atoms with Crippen LogP contribution in [0.1, 0.15) is 411 Å². The smallest absolute Gasteiger partial charge is 0.0533 e. The average molecular weight is 898 g/mol. The SMILES string of the molecule is C1CCCCCCCCCCCCCCCCCCCCCCCCCCCCCCCCCCCCCCCCCCCCCCCCCCCCCCCCCCCCCCC1. The second-order valence-corrected chi connectivity index (χ2v) is 22.6. The predicted molar refractivity (Wildman–Crippen MR) is 295 cm³/mol. The highest BCUT2D eigenvalue weighted by Crippen LogP contribution is 2.21. The average Bonchev–Trinajstić information content (AvgIpc) is 3.30. The second-order valence-electron chi connectivity index (χ2n) is 22.6. The minimum absolute atomic E-state index is 1.50. The first kappa shape index (κ1) is 62.0. The van der Waals surface area contributed by atoms with E-state index >= 15 is 0 Å². The lowest BCUT2D eigenvalue weighted by Gasteiger charge is -2.05. The Hall–Kier alpha value is 0. The van der Waals surface area contributed by atoms with Gasteiger partial charge in [0.15, 0.2) is 0 Å². The standard InChI is InChI=1S/C64H128/c1-2-4-6-8-10-12-14-16-18-20-22-24-26-28-30-32-34-36-38-40-42-44-46-48-50-52-54-56-58-60-62-64-63-61-59-57-55-53-51-49-47-45-43-41-39-37-35-33-31-29-27-25-23-21-19-17-15-13-11-9-7-5-3-1/h1-64H2. The van der Waals surface area contributed by atoms with Crippen molar-refractivity contribution in [1.29, 1.82) is 0 Å². The second kappa shape index (κ2) is 59.1. The Morgan fingerprint density at radius 1 is 0.0312 bits per heavy atom. The Bertz CT molecular complexity index is 384. The molecule has 1 fully saturated rings. The summed E-state index contributed by atoms with van der Waals surface area (Å²) in [6.07, 6.45) is 96.0. The molecule has 0 unspecified atom stereocenters. The fourth-order valence-electron chi connectivity index (χ4n) is 11.3. The van der Waals surface area contributed by atoms with Crippen LogP contribution in [-0.4, -0.2) is 0 Å². The monoisotopic (exact) mass is 897 g/mol. The summed E-state index contributed by atoms with van der Waals surface area (Å²) >= 11 is 0. The molecular formula is C64H128. The van der Waals surface area contributed by atoms with E-state index < -0.39 is 0 Å². The van der Waals surface area contributed by atoms with Crippen LogP contribution in [0.3, 0.4) is 0 Å². The molecule has 0 bridgehead atoms. The predicted octanol–water partition coefficient (Wildman–Crippen LogP) is 25.0. The third kappa shape index (κ3) is 56.3. The Morgan fingerprint density at radius 3 is 0.0625 bits per heavy atom. The van der Waals surface area contributed by atoms with Gasteiger partial charge in [0.25, 0.3) is 0 Å². The van der Waals surface area contributed by atoms with Crippen molar-refractivity contribution in [2.75, 3.05) is 0 Å². The van der Waals surface area contributed by atoms with Gasteiger partial charge in [-0.2, -0.15) is 0 Å². The summed E-state index contributed by atoms with van der Waals surface area (Å²) in [5.74, 6) is 0. The molecule has 1 saturated carbocycles. The molecule has 0 spiro atoms. The molecule has 0 aromatic heterocycles. The van der Waals surface area contributed by atoms with Gasteiger partial charge < -0.3 is 0 Å². The maximum Gasteiger partial charge on any atom is -0.0533 e. The molecule has 384 valence electrons. The summed E-state index contributed by atoms with van der Waals surface area (Å²) in [5, 5.41) is 0. The molecule has 0 atom stereocenters. The van der Waals surface area contributed by atoms with Gasteiger partial charge in [0.05, 0.1) is 0 Å². The van der Waals surface area contributed by atoms with E-state index in [2.05, 4.69) is 0 Å². The highest BCUT2D eigenvalue weighted by molar-refractivity contribution is 4.56. The normalized spacial score (nSPS) is 24.0. The van der Waals surface area contributed by atoms with Gasteiger partial charge >= 0.3 is 0 Å². The molecule has 0 aliphatic heterocycles. The lowest BCUT2D eigenvalue weighted by molar-refractivity contribution is 0.504. The number of hydrogen-bond donors (Lipinski definition) is 0. The summed E-state index contributed by atoms with van der Waals surface area (Å²) in [6, 6.07) is 0. The Kier molecular flexibility index (Phi) is 57.3. The molecule has 0 amide bonds. The number of rotatable bonds is 0. The Balaban J connectivity index is 2.00. The van der Waals surface area contributed by atoms with Crippen LogP contribution in [0, 0.1) is 0 Å². The fourth-order valence-corrected chi connectivity index (χ4v) is 11.3. The molecule has 1 aliphatic rings. The first-order valence-electron chi connectivity index (χ1n) is 32.0. The van der Waals surface area contributed by atoms with Crippen molar-refractivity contribution in [3.63, 3.8) is 0 Å². The molecule has 0 N–H and O–H groups in total. The molecule has 64 heavy (non-hydrogen) atoms. The topological polar surface area (TPSA) is 0 Å². The van der Waals surface area contributed by atoms with Gasteiger partial charge in [0.1, 0.15) is 0 Å². The largest absolute Gasteiger partial charge is 0.0533 e. The molecule has 0 radical (unpaired) electrons. The lowest BCUT2D eigenvalue weighted by atomic mass is 10.0. The minimum atomic E-state index is 1.50. The van der Waals surface area contributed by atoms with Crippen LogP contribution >= 0.6 is 0 Å². The van der Waals surface area contributed by atoms with Crippen molar-refractivity contribution in [2.24, 2.45) is 0 Å². The van der Waals surface area contributed by atoms with E-state index in [-0.39, 0.29) is 0 Å². The molecule has 0 aromatic rings. The highest BCUT2D eigenvalue weighted by Gasteiger charge is 2.01. The zero-order chi connectivity index (χ0) is 45.3. The quantitative estimate of drug-likeness (QED) is 0.227. The molecule has 0 heterocycles. The third-order valence-corrected chi connectivity index (χ3v) is 16.0. The Morgan fingerprint density at radius 2 is 0.0469 bits per heavy atom. The van der Waals surface area contributed by atoms with Crippen LogP contribution in [0.5, 0.6) is 0 Å². The van der Waals surface area contributed by atoms with Crippen molar-refractivity contribution >= 4 is 0 Å². The molecule has 1 rings (SSSR count). The molecular weight excluding hydrogens is 769 g/mol. The molecule has 0 heteroatoms. The van der Waals surface area contributed by atoms with Crippen LogP contribution in [-0.2, 0) is 0 Å². The summed E-state index contributed by atoms with van der Waals surface area (Å²) in [5.41, 5.74) is 0. The van der Waals surface area contributed by atoms with Gasteiger partial charge in [0, 0.05) is 0 Å². The van der Waals surface area contributed by atoms with Crippen LogP contribution in [0.15, 0.2) is 0 Å². The van der Waals surface area contributed by atoms with Crippen LogP contribution in [0.2, 0.25) is 0 Å². The van der Waals surface area contributed by atoms with Crippen molar-refractivity contribution in [2.45, 2.75) is 411 Å². The molecule has 1 aliphatic carbocycles. The first-order valence-corrected chi connectivity index (χ1v) is 32.0. The van der Waals surface area contributed by atoms with Gasteiger partial charge in [-0.25, -0.2) is 0 Å². The van der Waals surface area contributed by atoms with Gasteiger partial charge in [-0.15, -0.1) is 0 Å². The third-order valence-electron chi connectivity index (χ3n) is 16.0.